The molecule has 0 aromatic heterocycles. The monoisotopic (exact) mass is 769 g/mol. The van der Waals surface area contributed by atoms with Crippen molar-refractivity contribution in [3.8, 4) is 0 Å². The molecule has 0 heterocycles. The van der Waals surface area contributed by atoms with Crippen LogP contribution in [0.3, 0.4) is 0 Å². The van der Waals surface area contributed by atoms with Crippen LogP contribution in [0.2, 0.25) is 0 Å². The largest absolute Gasteiger partial charge is 0.0811 e. The maximum atomic E-state index is 2.70. The quantitative estimate of drug-likeness (QED) is 0.162. The van der Waals surface area contributed by atoms with E-state index in [1.54, 1.807) is 5.57 Å². The van der Waals surface area contributed by atoms with E-state index in [4.69, 9.17) is 0 Å². The van der Waals surface area contributed by atoms with Gasteiger partial charge >= 0.3 is 0 Å². The summed E-state index contributed by atoms with van der Waals surface area (Å²) in [6.07, 6.45) is 39.2. The molecule has 304 valence electrons. The second kappa shape index (κ2) is 18.4. The third-order valence-corrected chi connectivity index (χ3v) is 14.2. The Kier molecular flexibility index (Phi) is 13.3. The van der Waals surface area contributed by atoms with Gasteiger partial charge in [-0.2, -0.15) is 0 Å². The molecule has 7 rings (SSSR count). The van der Waals surface area contributed by atoms with Gasteiger partial charge in [-0.15, -0.1) is 0 Å². The number of hydrogen-bond donors (Lipinski definition) is 0. The summed E-state index contributed by atoms with van der Waals surface area (Å²) in [4.78, 5) is 0. The fourth-order valence-corrected chi connectivity index (χ4v) is 10.3. The van der Waals surface area contributed by atoms with Gasteiger partial charge in [0, 0.05) is 5.92 Å². The summed E-state index contributed by atoms with van der Waals surface area (Å²) in [5.41, 5.74) is 13.4. The van der Waals surface area contributed by atoms with E-state index in [0.29, 0.717) is 47.3 Å². The number of fused-ring (bicyclic) bond motifs is 1. The highest BCUT2D eigenvalue weighted by Gasteiger charge is 2.33. The molecule has 3 aromatic carbocycles. The summed E-state index contributed by atoms with van der Waals surface area (Å²) in [6.45, 7) is 21.3. The molecule has 0 bridgehead atoms. The van der Waals surface area contributed by atoms with Crippen molar-refractivity contribution < 1.29 is 0 Å². The van der Waals surface area contributed by atoms with E-state index in [1.165, 1.54) is 74.6 Å². The van der Waals surface area contributed by atoms with Crippen molar-refractivity contribution in [3.05, 3.63) is 178 Å². The van der Waals surface area contributed by atoms with Crippen LogP contribution in [-0.4, -0.2) is 0 Å². The first-order chi connectivity index (χ1) is 27.8. The standard InChI is InChI=1S/C58H72/c1-39-14-22-45(23-15-39)35-49(47-26-18-41(3)19-27-47)30-31-50-38-57(44(6)53-12-10-11-13-54(50)53)55-33-32-52(58(7,8)9)37-51(55)34-43(5)56(48-28-20-42(4)21-29-48)36-46-24-16-40(2)17-25-46/h10-18,20,22-24,26-29,32-33,37-38,41-43,46,49,51,55-56H,19,21,25,30-31,34-36H2,1-9H3. The third kappa shape index (κ3) is 10.2. The topological polar surface area (TPSA) is 0 Å². The van der Waals surface area contributed by atoms with Crippen molar-refractivity contribution in [3.63, 3.8) is 0 Å². The lowest BCUT2D eigenvalue weighted by atomic mass is 9.68. The second-order valence-corrected chi connectivity index (χ2v) is 20.1. The lowest BCUT2D eigenvalue weighted by Gasteiger charge is -2.37. The van der Waals surface area contributed by atoms with E-state index in [0.717, 1.165) is 32.1 Å². The van der Waals surface area contributed by atoms with E-state index in [2.05, 4.69) is 190 Å². The van der Waals surface area contributed by atoms with Crippen LogP contribution in [-0.2, 0) is 12.8 Å². The van der Waals surface area contributed by atoms with Gasteiger partial charge in [0.25, 0.3) is 0 Å². The molecule has 0 heteroatoms. The Morgan fingerprint density at radius 2 is 1.40 bits per heavy atom. The first-order valence-electron chi connectivity index (χ1n) is 22.9. The first-order valence-corrected chi connectivity index (χ1v) is 22.9. The summed E-state index contributed by atoms with van der Waals surface area (Å²) >= 11 is 0. The van der Waals surface area contributed by atoms with E-state index < -0.39 is 0 Å². The Morgan fingerprint density at radius 1 is 0.707 bits per heavy atom. The Balaban J connectivity index is 1.22. The SMILES string of the molecule is CC1=CCC(CC(C2=CCC(C)C=C2)C(C)CC2C=C(C(C)(C)C)C=CC2c2cc(CCC(Cc3ccc(C)cc3)C3=CCC(C)C=C3)c3ccccc3c2C)C=C1. The molecule has 0 saturated carbocycles. The van der Waals surface area contributed by atoms with Crippen LogP contribution in [0, 0.1) is 60.7 Å². The minimum atomic E-state index is 0.111. The van der Waals surface area contributed by atoms with Crippen molar-refractivity contribution in [1.82, 2.24) is 0 Å². The third-order valence-electron chi connectivity index (χ3n) is 14.2. The summed E-state index contributed by atoms with van der Waals surface area (Å²) in [5.74, 6) is 4.26. The molecule has 4 aliphatic rings. The molecule has 0 N–H and O–H groups in total. The van der Waals surface area contributed by atoms with Crippen LogP contribution in [0.4, 0.5) is 0 Å². The molecule has 0 nitrogen and oxygen atoms in total. The van der Waals surface area contributed by atoms with Crippen molar-refractivity contribution >= 4 is 10.8 Å². The summed E-state index contributed by atoms with van der Waals surface area (Å²) in [5, 5.41) is 2.86. The minimum absolute atomic E-state index is 0.111. The Labute approximate surface area is 353 Å². The molecule has 0 spiro atoms. The van der Waals surface area contributed by atoms with E-state index >= 15 is 0 Å². The number of allylic oxidation sites excluding steroid dienone is 16. The Hall–Kier alpha value is -4.16. The zero-order valence-corrected chi connectivity index (χ0v) is 37.4. The van der Waals surface area contributed by atoms with Crippen LogP contribution in [0.15, 0.2) is 150 Å². The Bertz CT molecular complexity index is 2160. The van der Waals surface area contributed by atoms with Crippen molar-refractivity contribution in [2.45, 2.75) is 120 Å². The lowest BCUT2D eigenvalue weighted by molar-refractivity contribution is 0.295. The van der Waals surface area contributed by atoms with Crippen LogP contribution in [0.25, 0.3) is 10.8 Å². The highest BCUT2D eigenvalue weighted by Crippen LogP contribution is 2.46. The van der Waals surface area contributed by atoms with Gasteiger partial charge in [0.2, 0.25) is 0 Å². The molecule has 8 atom stereocenters. The molecule has 0 saturated heterocycles. The predicted octanol–water partition coefficient (Wildman–Crippen LogP) is 16.1. The van der Waals surface area contributed by atoms with Gasteiger partial charge in [0.05, 0.1) is 0 Å². The minimum Gasteiger partial charge on any atom is -0.0811 e. The van der Waals surface area contributed by atoms with Gasteiger partial charge in [-0.1, -0.05) is 180 Å². The highest BCUT2D eigenvalue weighted by molar-refractivity contribution is 5.90. The number of aryl methyl sites for hydroxylation is 3. The fraction of sp³-hybridized carbons (Fsp3) is 0.448. The summed E-state index contributed by atoms with van der Waals surface area (Å²) in [7, 11) is 0. The predicted molar refractivity (Wildman–Crippen MR) is 253 cm³/mol. The molecule has 3 aromatic rings. The lowest BCUT2D eigenvalue weighted by Crippen LogP contribution is -2.25. The van der Waals surface area contributed by atoms with Gasteiger partial charge in [-0.3, -0.25) is 0 Å². The molecule has 8 unspecified atom stereocenters. The van der Waals surface area contributed by atoms with Crippen molar-refractivity contribution in [1.29, 1.82) is 0 Å². The van der Waals surface area contributed by atoms with Crippen molar-refractivity contribution in [2.75, 3.05) is 0 Å². The van der Waals surface area contributed by atoms with Crippen LogP contribution in [0.5, 0.6) is 0 Å². The number of rotatable bonds is 13. The molecule has 4 aliphatic carbocycles. The number of benzene rings is 3. The molecule has 0 radical (unpaired) electrons. The van der Waals surface area contributed by atoms with Gasteiger partial charge in [-0.25, -0.2) is 0 Å². The smallest absolute Gasteiger partial charge is 0.00872 e. The van der Waals surface area contributed by atoms with Gasteiger partial charge in [0.1, 0.15) is 0 Å². The second-order valence-electron chi connectivity index (χ2n) is 20.1. The molecular weight excluding hydrogens is 697 g/mol. The van der Waals surface area contributed by atoms with Crippen LogP contribution in [0.1, 0.15) is 121 Å². The zero-order valence-electron chi connectivity index (χ0n) is 37.4. The van der Waals surface area contributed by atoms with Gasteiger partial charge < -0.3 is 0 Å². The van der Waals surface area contributed by atoms with Crippen LogP contribution < -0.4 is 0 Å². The first kappa shape index (κ1) is 42.0. The maximum Gasteiger partial charge on any atom is 0.00872 e. The average Bonchev–Trinajstić information content (AvgIpc) is 3.21. The highest BCUT2D eigenvalue weighted by atomic mass is 14.4. The molecule has 0 aliphatic heterocycles. The summed E-state index contributed by atoms with van der Waals surface area (Å²) < 4.78 is 0. The van der Waals surface area contributed by atoms with E-state index in [9.17, 15) is 0 Å². The van der Waals surface area contributed by atoms with Gasteiger partial charge in [-0.05, 0) is 169 Å². The zero-order chi connectivity index (χ0) is 41.0. The fourth-order valence-electron chi connectivity index (χ4n) is 10.3. The van der Waals surface area contributed by atoms with E-state index in [-0.39, 0.29) is 5.41 Å². The van der Waals surface area contributed by atoms with Crippen molar-refractivity contribution in [2.24, 2.45) is 46.8 Å². The van der Waals surface area contributed by atoms with Crippen LogP contribution >= 0.6 is 0 Å². The molecule has 0 amide bonds. The molecular formula is C58H72. The normalized spacial score (nSPS) is 24.9. The average molecular weight is 769 g/mol. The number of hydrogen-bond acceptors (Lipinski definition) is 0. The molecule has 0 fully saturated rings. The van der Waals surface area contributed by atoms with E-state index in [1.807, 2.05) is 0 Å². The summed E-state index contributed by atoms with van der Waals surface area (Å²) in [6, 6.07) is 21.2. The Morgan fingerprint density at radius 3 is 2.03 bits per heavy atom. The molecule has 58 heavy (non-hydrogen) atoms. The maximum absolute atomic E-state index is 2.70. The van der Waals surface area contributed by atoms with Gasteiger partial charge in [0.15, 0.2) is 0 Å².